The van der Waals surface area contributed by atoms with Crippen molar-refractivity contribution in [3.05, 3.63) is 6.13 Å². The van der Waals surface area contributed by atoms with E-state index in [-0.39, 0.29) is 24.9 Å². The molecule has 11 heavy (non-hydrogen) atoms. The number of alkyl halides is 4. The van der Waals surface area contributed by atoms with Crippen LogP contribution in [0.1, 0.15) is 12.8 Å². The molecular weight excluding hydrogens is 223 g/mol. The van der Waals surface area contributed by atoms with Crippen LogP contribution in [-0.4, -0.2) is 11.3 Å². The SMILES string of the molecule is FC(F)(Cl)CCCCl.F[CH]Cl. The van der Waals surface area contributed by atoms with E-state index in [0.717, 1.165) is 0 Å². The van der Waals surface area contributed by atoms with Crippen molar-refractivity contribution in [2.75, 3.05) is 5.88 Å². The van der Waals surface area contributed by atoms with Gasteiger partial charge in [0.25, 0.3) is 0 Å². The largest absolute Gasteiger partial charge is 0.321 e. The highest BCUT2D eigenvalue weighted by Crippen LogP contribution is 2.24. The Labute approximate surface area is 78.6 Å². The molecule has 0 amide bonds. The molecule has 0 aromatic carbocycles. The summed E-state index contributed by atoms with van der Waals surface area (Å²) in [5.41, 5.74) is 0. The van der Waals surface area contributed by atoms with Crippen LogP contribution in [0.25, 0.3) is 0 Å². The van der Waals surface area contributed by atoms with Crippen molar-refractivity contribution in [1.82, 2.24) is 0 Å². The van der Waals surface area contributed by atoms with Crippen molar-refractivity contribution in [3.8, 4) is 0 Å². The minimum Gasteiger partial charge on any atom is -0.225 e. The molecular formula is C5H7Cl3F3. The van der Waals surface area contributed by atoms with E-state index in [0.29, 0.717) is 0 Å². The fraction of sp³-hybridized carbons (Fsp3) is 0.800. The molecule has 0 nitrogen and oxygen atoms in total. The molecule has 0 atom stereocenters. The highest BCUT2D eigenvalue weighted by Gasteiger charge is 2.22. The van der Waals surface area contributed by atoms with Crippen LogP contribution in [0.4, 0.5) is 13.2 Å². The van der Waals surface area contributed by atoms with Crippen molar-refractivity contribution >= 4 is 34.8 Å². The Kier molecular flexibility index (Phi) is 11.3. The molecule has 0 N–H and O–H groups in total. The number of hydrogen-bond acceptors (Lipinski definition) is 0. The lowest BCUT2D eigenvalue weighted by atomic mass is 10.3. The smallest absolute Gasteiger partial charge is 0.225 e. The Bertz CT molecular complexity index is 73.9. The maximum atomic E-state index is 11.6. The average Bonchev–Trinajstić information content (AvgIpc) is 1.84. The van der Waals surface area contributed by atoms with Gasteiger partial charge in [-0.05, 0) is 18.0 Å². The second-order valence-electron chi connectivity index (χ2n) is 1.49. The summed E-state index contributed by atoms with van der Waals surface area (Å²) in [6.45, 7) is 0. The predicted molar refractivity (Wildman–Crippen MR) is 42.0 cm³/mol. The van der Waals surface area contributed by atoms with Gasteiger partial charge in [0.15, 0.2) is 0 Å². The molecule has 0 aromatic heterocycles. The third-order valence-electron chi connectivity index (χ3n) is 0.594. The second kappa shape index (κ2) is 8.75. The van der Waals surface area contributed by atoms with Gasteiger partial charge in [-0.2, -0.15) is 8.78 Å². The summed E-state index contributed by atoms with van der Waals surface area (Å²) >= 11 is 13.8. The lowest BCUT2D eigenvalue weighted by molar-refractivity contribution is 0.0856. The number of rotatable bonds is 3. The van der Waals surface area contributed by atoms with Crippen LogP contribution in [0.3, 0.4) is 0 Å². The molecule has 0 fully saturated rings. The van der Waals surface area contributed by atoms with Gasteiger partial charge in [-0.25, -0.2) is 4.39 Å². The summed E-state index contributed by atoms with van der Waals surface area (Å²) in [6.07, 6.45) is -0.101. The van der Waals surface area contributed by atoms with Gasteiger partial charge in [0.05, 0.1) is 0 Å². The molecule has 0 bridgehead atoms. The zero-order chi connectivity index (χ0) is 9.33. The van der Waals surface area contributed by atoms with Gasteiger partial charge in [-0.1, -0.05) is 11.6 Å². The van der Waals surface area contributed by atoms with Gasteiger partial charge in [0, 0.05) is 12.3 Å². The molecule has 0 saturated carbocycles. The van der Waals surface area contributed by atoms with Crippen LogP contribution >= 0.6 is 34.8 Å². The van der Waals surface area contributed by atoms with E-state index in [1.165, 1.54) is 0 Å². The molecule has 0 aliphatic heterocycles. The van der Waals surface area contributed by atoms with E-state index in [9.17, 15) is 13.2 Å². The summed E-state index contributed by atoms with van der Waals surface area (Å²) < 4.78 is 33.2. The maximum absolute atomic E-state index is 11.6. The third-order valence-corrected chi connectivity index (χ3v) is 1.05. The van der Waals surface area contributed by atoms with E-state index in [4.69, 9.17) is 11.6 Å². The fourth-order valence-corrected chi connectivity index (χ4v) is 0.535. The zero-order valence-corrected chi connectivity index (χ0v) is 7.73. The summed E-state index contributed by atoms with van der Waals surface area (Å²) in [6, 6.07) is 0. The van der Waals surface area contributed by atoms with Gasteiger partial charge in [0.2, 0.25) is 6.13 Å². The van der Waals surface area contributed by atoms with Gasteiger partial charge < -0.3 is 0 Å². The molecule has 6 heteroatoms. The van der Waals surface area contributed by atoms with Gasteiger partial charge in [0.1, 0.15) is 0 Å². The maximum Gasteiger partial charge on any atom is 0.321 e. The van der Waals surface area contributed by atoms with Crippen molar-refractivity contribution in [3.63, 3.8) is 0 Å². The highest BCUT2D eigenvalue weighted by atomic mass is 35.5. The van der Waals surface area contributed by atoms with Crippen LogP contribution in [0.15, 0.2) is 0 Å². The first kappa shape index (κ1) is 14.2. The van der Waals surface area contributed by atoms with Crippen LogP contribution in [0.5, 0.6) is 0 Å². The van der Waals surface area contributed by atoms with Crippen LogP contribution in [-0.2, 0) is 0 Å². The first-order valence-electron chi connectivity index (χ1n) is 2.62. The Morgan fingerprint density at radius 2 is 1.73 bits per heavy atom. The summed E-state index contributed by atoms with van der Waals surface area (Å²) in [7, 11) is 0. The molecule has 0 aliphatic rings. The minimum atomic E-state index is -3.06. The Hall–Kier alpha value is 0.660. The van der Waals surface area contributed by atoms with Crippen LogP contribution < -0.4 is 0 Å². The standard InChI is InChI=1S/C4H6Cl2F2.CHClF/c5-3-1-2-4(6,7)8;2-1-3/h1-3H2;1H. The fourth-order valence-electron chi connectivity index (χ4n) is 0.267. The predicted octanol–water partition coefficient (Wildman–Crippen LogP) is 4.15. The summed E-state index contributed by atoms with van der Waals surface area (Å²) in [4.78, 5) is 0. The molecule has 0 saturated heterocycles. The van der Waals surface area contributed by atoms with Crippen LogP contribution in [0, 0.1) is 6.13 Å². The van der Waals surface area contributed by atoms with Crippen molar-refractivity contribution in [2.24, 2.45) is 0 Å². The third kappa shape index (κ3) is 25.0. The molecule has 1 radical (unpaired) electrons. The minimum absolute atomic E-state index is 0.0278. The lowest BCUT2D eigenvalue weighted by Crippen LogP contribution is -2.04. The van der Waals surface area contributed by atoms with Crippen LogP contribution in [0.2, 0.25) is 0 Å². The van der Waals surface area contributed by atoms with Crippen molar-refractivity contribution in [2.45, 2.75) is 18.2 Å². The van der Waals surface area contributed by atoms with E-state index in [2.05, 4.69) is 23.2 Å². The molecule has 0 heterocycles. The normalized spacial score (nSPS) is 10.4. The molecule has 0 unspecified atom stereocenters. The van der Waals surface area contributed by atoms with Gasteiger partial charge in [-0.3, -0.25) is 0 Å². The number of hydrogen-bond donors (Lipinski definition) is 0. The van der Waals surface area contributed by atoms with Gasteiger partial charge in [-0.15, -0.1) is 11.6 Å². The second-order valence-corrected chi connectivity index (χ2v) is 2.59. The zero-order valence-electron chi connectivity index (χ0n) is 5.47. The van der Waals surface area contributed by atoms with E-state index < -0.39 is 5.38 Å². The Balaban J connectivity index is 0. The first-order valence-corrected chi connectivity index (χ1v) is 3.97. The molecule has 0 aromatic rings. The lowest BCUT2D eigenvalue weighted by Gasteiger charge is -2.03. The summed E-state index contributed by atoms with van der Waals surface area (Å²) in [5, 5.41) is -3.06. The topological polar surface area (TPSA) is 0 Å². The highest BCUT2D eigenvalue weighted by molar-refractivity contribution is 6.22. The Morgan fingerprint density at radius 3 is 1.82 bits per heavy atom. The molecule has 0 spiro atoms. The van der Waals surface area contributed by atoms with Gasteiger partial charge >= 0.3 is 5.38 Å². The van der Waals surface area contributed by atoms with E-state index in [1.807, 2.05) is 0 Å². The molecule has 0 rings (SSSR count). The number of halogens is 6. The quantitative estimate of drug-likeness (QED) is 0.639. The Morgan fingerprint density at radius 1 is 1.36 bits per heavy atom. The molecule has 0 aliphatic carbocycles. The van der Waals surface area contributed by atoms with E-state index >= 15 is 0 Å². The van der Waals surface area contributed by atoms with Crippen molar-refractivity contribution in [1.29, 1.82) is 0 Å². The van der Waals surface area contributed by atoms with Crippen molar-refractivity contribution < 1.29 is 13.2 Å². The van der Waals surface area contributed by atoms with E-state index in [1.54, 1.807) is 0 Å². The first-order chi connectivity index (χ1) is 4.97. The average molecular weight is 230 g/mol. The summed E-state index contributed by atoms with van der Waals surface area (Å²) in [5.74, 6) is 0.238. The monoisotopic (exact) mass is 229 g/mol. The molecule has 69 valence electrons.